The van der Waals surface area contributed by atoms with E-state index in [1.807, 2.05) is 0 Å². The van der Waals surface area contributed by atoms with Gasteiger partial charge in [0.25, 0.3) is 5.91 Å². The minimum Gasteiger partial charge on any atom is -0.396 e. The van der Waals surface area contributed by atoms with Crippen LogP contribution in [0.15, 0.2) is 18.2 Å². The molecule has 1 aromatic carbocycles. The van der Waals surface area contributed by atoms with Crippen molar-refractivity contribution >= 4 is 11.6 Å². The highest BCUT2D eigenvalue weighted by molar-refractivity contribution is 5.99. The van der Waals surface area contributed by atoms with Crippen LogP contribution in [0.3, 0.4) is 0 Å². The quantitative estimate of drug-likeness (QED) is 0.824. The first-order valence-corrected chi connectivity index (χ1v) is 6.98. The van der Waals surface area contributed by atoms with Crippen molar-refractivity contribution in [3.63, 3.8) is 0 Å². The summed E-state index contributed by atoms with van der Waals surface area (Å²) in [4.78, 5) is 12.2. The molecule has 0 heterocycles. The Morgan fingerprint density at radius 3 is 2.89 bits per heavy atom. The third-order valence-corrected chi connectivity index (χ3v) is 4.05. The summed E-state index contributed by atoms with van der Waals surface area (Å²) in [6.07, 6.45) is 5.58. The summed E-state index contributed by atoms with van der Waals surface area (Å²) >= 11 is 0. The van der Waals surface area contributed by atoms with Gasteiger partial charge in [-0.25, -0.2) is 4.39 Å². The van der Waals surface area contributed by atoms with Crippen LogP contribution in [0.4, 0.5) is 10.1 Å². The van der Waals surface area contributed by atoms with Crippen molar-refractivity contribution in [3.8, 4) is 0 Å². The van der Waals surface area contributed by atoms with E-state index in [9.17, 15) is 9.18 Å². The Bertz CT molecular complexity index is 461. The van der Waals surface area contributed by atoms with Crippen molar-refractivity contribution in [2.24, 2.45) is 5.92 Å². The molecule has 104 valence electrons. The molecule has 1 fully saturated rings. The summed E-state index contributed by atoms with van der Waals surface area (Å²) < 4.78 is 13.4. The molecule has 3 N–H and O–H groups in total. The van der Waals surface area contributed by atoms with Gasteiger partial charge in [0.1, 0.15) is 5.82 Å². The Kier molecular flexibility index (Phi) is 4.40. The molecule has 0 spiro atoms. The molecule has 2 atom stereocenters. The first-order chi connectivity index (χ1) is 9.13. The number of nitrogens with one attached hydrogen (secondary N) is 1. The Morgan fingerprint density at radius 1 is 1.42 bits per heavy atom. The van der Waals surface area contributed by atoms with E-state index in [2.05, 4.69) is 12.2 Å². The van der Waals surface area contributed by atoms with E-state index < -0.39 is 5.82 Å². The number of carbonyl (C=O) groups excluding carboxylic acids is 1. The fourth-order valence-corrected chi connectivity index (χ4v) is 2.87. The zero-order chi connectivity index (χ0) is 13.8. The number of carbonyl (C=O) groups is 1. The second-order valence-corrected chi connectivity index (χ2v) is 5.23. The summed E-state index contributed by atoms with van der Waals surface area (Å²) in [7, 11) is 0. The van der Waals surface area contributed by atoms with Crippen molar-refractivity contribution in [2.45, 2.75) is 45.1 Å². The second-order valence-electron chi connectivity index (χ2n) is 5.23. The van der Waals surface area contributed by atoms with Gasteiger partial charge in [-0.1, -0.05) is 32.3 Å². The molecule has 0 radical (unpaired) electrons. The van der Waals surface area contributed by atoms with Crippen molar-refractivity contribution in [1.29, 1.82) is 0 Å². The monoisotopic (exact) mass is 264 g/mol. The van der Waals surface area contributed by atoms with Gasteiger partial charge in [0.2, 0.25) is 0 Å². The van der Waals surface area contributed by atoms with Crippen LogP contribution < -0.4 is 11.1 Å². The van der Waals surface area contributed by atoms with Crippen LogP contribution >= 0.6 is 0 Å². The molecule has 0 bridgehead atoms. The Labute approximate surface area is 113 Å². The summed E-state index contributed by atoms with van der Waals surface area (Å²) in [6.45, 7) is 2.14. The van der Waals surface area contributed by atoms with Crippen LogP contribution in [0, 0.1) is 11.7 Å². The van der Waals surface area contributed by atoms with Crippen LogP contribution in [-0.2, 0) is 0 Å². The molecule has 1 aliphatic rings. The molecule has 1 aromatic rings. The third-order valence-electron chi connectivity index (χ3n) is 4.05. The van der Waals surface area contributed by atoms with Crippen molar-refractivity contribution in [2.75, 3.05) is 5.73 Å². The first kappa shape index (κ1) is 13.8. The maximum atomic E-state index is 13.4. The molecule has 19 heavy (non-hydrogen) atoms. The number of nitrogens with two attached hydrogens (primary N) is 1. The molecule has 3 nitrogen and oxygen atoms in total. The number of anilines is 1. The summed E-state index contributed by atoms with van der Waals surface area (Å²) in [5, 5.41) is 3.02. The average molecular weight is 264 g/mol. The van der Waals surface area contributed by atoms with Crippen LogP contribution in [0.25, 0.3) is 0 Å². The van der Waals surface area contributed by atoms with E-state index in [-0.39, 0.29) is 23.2 Å². The second kappa shape index (κ2) is 6.04. The summed E-state index contributed by atoms with van der Waals surface area (Å²) in [5.74, 6) is -0.279. The Hall–Kier alpha value is -1.58. The molecular formula is C15H21FN2O. The molecule has 1 saturated carbocycles. The maximum Gasteiger partial charge on any atom is 0.253 e. The normalized spacial score (nSPS) is 23.1. The third kappa shape index (κ3) is 3.06. The lowest BCUT2D eigenvalue weighted by Gasteiger charge is -2.31. The molecule has 2 unspecified atom stereocenters. The van der Waals surface area contributed by atoms with Crippen LogP contribution in [0.5, 0.6) is 0 Å². The van der Waals surface area contributed by atoms with E-state index in [1.54, 1.807) is 6.07 Å². The predicted octanol–water partition coefficient (Wildman–Crippen LogP) is 3.11. The van der Waals surface area contributed by atoms with Crippen LogP contribution in [0.2, 0.25) is 0 Å². The van der Waals surface area contributed by atoms with E-state index in [4.69, 9.17) is 5.73 Å². The molecule has 0 saturated heterocycles. The van der Waals surface area contributed by atoms with Gasteiger partial charge in [-0.2, -0.15) is 0 Å². The Morgan fingerprint density at radius 2 is 2.16 bits per heavy atom. The largest absolute Gasteiger partial charge is 0.396 e. The van der Waals surface area contributed by atoms with Gasteiger partial charge in [-0.15, -0.1) is 0 Å². The number of hydrogen-bond donors (Lipinski definition) is 2. The highest BCUT2D eigenvalue weighted by Crippen LogP contribution is 2.27. The average Bonchev–Trinajstić information content (AvgIpc) is 2.42. The fourth-order valence-electron chi connectivity index (χ4n) is 2.87. The van der Waals surface area contributed by atoms with Crippen molar-refractivity contribution < 1.29 is 9.18 Å². The molecule has 0 aromatic heterocycles. The maximum absolute atomic E-state index is 13.4. The minimum atomic E-state index is -0.539. The number of para-hydroxylation sites is 1. The highest BCUT2D eigenvalue weighted by Gasteiger charge is 2.26. The molecule has 1 aliphatic carbocycles. The van der Waals surface area contributed by atoms with E-state index in [0.29, 0.717) is 5.92 Å². The van der Waals surface area contributed by atoms with Crippen molar-refractivity contribution in [1.82, 2.24) is 5.32 Å². The molecule has 1 amide bonds. The number of halogens is 1. The molecular weight excluding hydrogens is 243 g/mol. The number of nitrogen functional groups attached to an aromatic ring is 1. The van der Waals surface area contributed by atoms with Crippen LogP contribution in [0.1, 0.15) is 49.4 Å². The fraction of sp³-hybridized carbons (Fsp3) is 0.533. The van der Waals surface area contributed by atoms with E-state index >= 15 is 0 Å². The zero-order valence-electron chi connectivity index (χ0n) is 11.3. The van der Waals surface area contributed by atoms with Crippen LogP contribution in [-0.4, -0.2) is 11.9 Å². The standard InChI is InChI=1S/C15H21FN2O/c1-2-10-6-3-4-9-13(10)18-15(19)11-7-5-8-12(16)14(11)17/h5,7-8,10,13H,2-4,6,9,17H2,1H3,(H,18,19). The van der Waals surface area contributed by atoms with E-state index in [0.717, 1.165) is 25.7 Å². The highest BCUT2D eigenvalue weighted by atomic mass is 19.1. The first-order valence-electron chi connectivity index (χ1n) is 6.98. The molecule has 0 aliphatic heterocycles. The summed E-state index contributed by atoms with van der Waals surface area (Å²) in [6, 6.07) is 4.53. The van der Waals surface area contributed by atoms with E-state index in [1.165, 1.54) is 18.6 Å². The number of rotatable bonds is 3. The SMILES string of the molecule is CCC1CCCCC1NC(=O)c1cccc(F)c1N. The number of amides is 1. The Balaban J connectivity index is 2.09. The minimum absolute atomic E-state index is 0.0659. The number of hydrogen-bond acceptors (Lipinski definition) is 2. The van der Waals surface area contributed by atoms with Gasteiger partial charge in [-0.05, 0) is 30.9 Å². The van der Waals surface area contributed by atoms with Gasteiger partial charge >= 0.3 is 0 Å². The van der Waals surface area contributed by atoms with Gasteiger partial charge in [0.05, 0.1) is 11.3 Å². The molecule has 2 rings (SSSR count). The smallest absolute Gasteiger partial charge is 0.253 e. The lowest BCUT2D eigenvalue weighted by molar-refractivity contribution is 0.0905. The number of benzene rings is 1. The zero-order valence-corrected chi connectivity index (χ0v) is 11.3. The lowest BCUT2D eigenvalue weighted by atomic mass is 9.83. The van der Waals surface area contributed by atoms with Gasteiger partial charge in [-0.3, -0.25) is 4.79 Å². The van der Waals surface area contributed by atoms with Gasteiger partial charge in [0.15, 0.2) is 0 Å². The topological polar surface area (TPSA) is 55.1 Å². The lowest BCUT2D eigenvalue weighted by Crippen LogP contribution is -2.42. The van der Waals surface area contributed by atoms with Gasteiger partial charge in [0, 0.05) is 6.04 Å². The van der Waals surface area contributed by atoms with Crippen molar-refractivity contribution in [3.05, 3.63) is 29.6 Å². The molecule has 4 heteroatoms. The predicted molar refractivity (Wildman–Crippen MR) is 74.3 cm³/mol. The van der Waals surface area contributed by atoms with Gasteiger partial charge < -0.3 is 11.1 Å². The summed E-state index contributed by atoms with van der Waals surface area (Å²) in [5.41, 5.74) is 5.79.